The zero-order chi connectivity index (χ0) is 13.5. The minimum Gasteiger partial charge on any atom is -0.480 e. The summed E-state index contributed by atoms with van der Waals surface area (Å²) >= 11 is 0. The quantitative estimate of drug-likeness (QED) is 0.670. The van der Waals surface area contributed by atoms with Crippen LogP contribution in [0.5, 0.6) is 0 Å². The second-order valence-corrected chi connectivity index (χ2v) is 3.90. The normalized spacial score (nSPS) is 12.1. The van der Waals surface area contributed by atoms with Gasteiger partial charge in [-0.05, 0) is 12.8 Å². The summed E-state index contributed by atoms with van der Waals surface area (Å²) in [6.45, 7) is 0.465. The van der Waals surface area contributed by atoms with Crippen LogP contribution >= 0.6 is 0 Å². The number of amides is 1. The third-order valence-electron chi connectivity index (χ3n) is 2.41. The van der Waals surface area contributed by atoms with Crippen molar-refractivity contribution >= 4 is 11.9 Å². The van der Waals surface area contributed by atoms with Gasteiger partial charge in [0.2, 0.25) is 0 Å². The van der Waals surface area contributed by atoms with E-state index in [1.54, 1.807) is 14.2 Å². The molecule has 1 rings (SSSR count). The number of carbonyl (C=O) groups excluding carboxylic acids is 1. The number of carboxylic acids is 1. The highest BCUT2D eigenvalue weighted by atomic mass is 16.5. The zero-order valence-corrected chi connectivity index (χ0v) is 10.4. The molecular formula is C11H17N3O4. The van der Waals surface area contributed by atoms with E-state index in [1.165, 1.54) is 17.1 Å². The zero-order valence-electron chi connectivity index (χ0n) is 10.4. The van der Waals surface area contributed by atoms with Crippen LogP contribution in [0.2, 0.25) is 0 Å². The number of hydrogen-bond donors (Lipinski definition) is 2. The topological polar surface area (TPSA) is 93.5 Å². The Labute approximate surface area is 105 Å². The summed E-state index contributed by atoms with van der Waals surface area (Å²) in [5, 5.41) is 15.3. The van der Waals surface area contributed by atoms with Crippen molar-refractivity contribution < 1.29 is 19.4 Å². The summed E-state index contributed by atoms with van der Waals surface area (Å²) in [5.41, 5.74) is 0.343. The van der Waals surface area contributed by atoms with E-state index in [9.17, 15) is 9.59 Å². The third kappa shape index (κ3) is 4.17. The molecule has 1 aromatic rings. The number of rotatable bonds is 7. The highest BCUT2D eigenvalue weighted by Gasteiger charge is 2.20. The number of nitrogens with one attached hydrogen (secondary N) is 1. The van der Waals surface area contributed by atoms with Crippen molar-refractivity contribution in [3.05, 3.63) is 18.0 Å². The predicted molar refractivity (Wildman–Crippen MR) is 63.2 cm³/mol. The summed E-state index contributed by atoms with van der Waals surface area (Å²) in [6, 6.07) is -0.909. The van der Waals surface area contributed by atoms with Crippen LogP contribution in [0.4, 0.5) is 0 Å². The van der Waals surface area contributed by atoms with Crippen molar-refractivity contribution in [1.82, 2.24) is 15.1 Å². The number of nitrogens with zero attached hydrogens (tertiary/aromatic N) is 2. The highest BCUT2D eigenvalue weighted by molar-refractivity contribution is 5.96. The Morgan fingerprint density at radius 1 is 1.61 bits per heavy atom. The van der Waals surface area contributed by atoms with Crippen molar-refractivity contribution in [2.24, 2.45) is 7.05 Å². The Balaban J connectivity index is 2.55. The lowest BCUT2D eigenvalue weighted by Gasteiger charge is -2.13. The van der Waals surface area contributed by atoms with Crippen LogP contribution in [-0.2, 0) is 16.6 Å². The molecule has 0 aliphatic rings. The third-order valence-corrected chi connectivity index (χ3v) is 2.41. The van der Waals surface area contributed by atoms with Crippen LogP contribution < -0.4 is 5.32 Å². The minimum atomic E-state index is -1.05. The van der Waals surface area contributed by atoms with E-state index in [0.29, 0.717) is 25.0 Å². The average molecular weight is 255 g/mol. The second-order valence-electron chi connectivity index (χ2n) is 3.90. The van der Waals surface area contributed by atoms with Gasteiger partial charge in [0.1, 0.15) is 6.04 Å². The predicted octanol–water partition coefficient (Wildman–Crippen LogP) is 0.0297. The van der Waals surface area contributed by atoms with E-state index in [1.807, 2.05) is 0 Å². The number of aliphatic carboxylic acids is 1. The SMILES string of the molecule is COCCCC(NC(=O)c1cnn(C)c1)C(=O)O. The van der Waals surface area contributed by atoms with Gasteiger partial charge in [-0.1, -0.05) is 0 Å². The molecule has 0 spiro atoms. The Kier molecular flexibility index (Phi) is 5.31. The lowest BCUT2D eigenvalue weighted by atomic mass is 10.1. The molecule has 1 unspecified atom stereocenters. The number of aryl methyl sites for hydroxylation is 1. The molecule has 0 saturated heterocycles. The van der Waals surface area contributed by atoms with Gasteiger partial charge in [-0.15, -0.1) is 0 Å². The van der Waals surface area contributed by atoms with Gasteiger partial charge < -0.3 is 15.2 Å². The Hall–Kier alpha value is -1.89. The first-order valence-electron chi connectivity index (χ1n) is 5.56. The molecule has 2 N–H and O–H groups in total. The molecule has 0 saturated carbocycles. The highest BCUT2D eigenvalue weighted by Crippen LogP contribution is 2.02. The van der Waals surface area contributed by atoms with E-state index < -0.39 is 17.9 Å². The smallest absolute Gasteiger partial charge is 0.326 e. The monoisotopic (exact) mass is 255 g/mol. The fraction of sp³-hybridized carbons (Fsp3) is 0.545. The molecule has 1 aromatic heterocycles. The number of carbonyl (C=O) groups is 2. The van der Waals surface area contributed by atoms with Gasteiger partial charge in [0, 0.05) is 27.0 Å². The van der Waals surface area contributed by atoms with Gasteiger partial charge in [0.25, 0.3) is 5.91 Å². The number of ether oxygens (including phenoxy) is 1. The fourth-order valence-corrected chi connectivity index (χ4v) is 1.47. The Bertz CT molecular complexity index is 416. The van der Waals surface area contributed by atoms with Gasteiger partial charge >= 0.3 is 5.97 Å². The lowest BCUT2D eigenvalue weighted by molar-refractivity contribution is -0.139. The van der Waals surface area contributed by atoms with Crippen LogP contribution in [0.1, 0.15) is 23.2 Å². The first kappa shape index (κ1) is 14.2. The average Bonchev–Trinajstić information content (AvgIpc) is 2.74. The van der Waals surface area contributed by atoms with Gasteiger partial charge in [0.15, 0.2) is 0 Å². The first-order valence-corrected chi connectivity index (χ1v) is 5.56. The summed E-state index contributed by atoms with van der Waals surface area (Å²) in [7, 11) is 3.23. The summed E-state index contributed by atoms with van der Waals surface area (Å²) in [4.78, 5) is 22.7. The Morgan fingerprint density at radius 3 is 2.83 bits per heavy atom. The molecule has 0 aliphatic heterocycles. The maximum absolute atomic E-state index is 11.7. The summed E-state index contributed by atoms with van der Waals surface area (Å²) in [6.07, 6.45) is 3.82. The van der Waals surface area contributed by atoms with Gasteiger partial charge in [0.05, 0.1) is 11.8 Å². The first-order chi connectivity index (χ1) is 8.54. The molecule has 1 atom stereocenters. The largest absolute Gasteiger partial charge is 0.480 e. The van der Waals surface area contributed by atoms with Crippen molar-refractivity contribution in [1.29, 1.82) is 0 Å². The number of hydrogen-bond acceptors (Lipinski definition) is 4. The fourth-order valence-electron chi connectivity index (χ4n) is 1.47. The molecule has 7 heteroatoms. The van der Waals surface area contributed by atoms with Gasteiger partial charge in [-0.2, -0.15) is 5.10 Å². The number of carboxylic acid groups (broad SMARTS) is 1. The van der Waals surface area contributed by atoms with Gasteiger partial charge in [-0.3, -0.25) is 9.48 Å². The van der Waals surface area contributed by atoms with Crippen molar-refractivity contribution in [3.8, 4) is 0 Å². The molecule has 0 aromatic carbocycles. The van der Waals surface area contributed by atoms with Gasteiger partial charge in [-0.25, -0.2) is 4.79 Å². The van der Waals surface area contributed by atoms with Crippen LogP contribution in [0.15, 0.2) is 12.4 Å². The summed E-state index contributed by atoms with van der Waals surface area (Å²) in [5.74, 6) is -1.49. The van der Waals surface area contributed by atoms with Crippen molar-refractivity contribution in [3.63, 3.8) is 0 Å². The van der Waals surface area contributed by atoms with E-state index in [2.05, 4.69) is 10.4 Å². The second kappa shape index (κ2) is 6.75. The Morgan fingerprint density at radius 2 is 2.33 bits per heavy atom. The maximum Gasteiger partial charge on any atom is 0.326 e. The molecule has 1 amide bonds. The molecule has 0 radical (unpaired) electrons. The van der Waals surface area contributed by atoms with E-state index in [-0.39, 0.29) is 0 Å². The molecule has 0 aliphatic carbocycles. The maximum atomic E-state index is 11.7. The summed E-state index contributed by atoms with van der Waals surface area (Å²) < 4.78 is 6.33. The van der Waals surface area contributed by atoms with Crippen LogP contribution in [0.25, 0.3) is 0 Å². The van der Waals surface area contributed by atoms with Crippen molar-refractivity contribution in [2.75, 3.05) is 13.7 Å². The van der Waals surface area contributed by atoms with Crippen molar-refractivity contribution in [2.45, 2.75) is 18.9 Å². The molecule has 1 heterocycles. The van der Waals surface area contributed by atoms with E-state index >= 15 is 0 Å². The molecule has 7 nitrogen and oxygen atoms in total. The van der Waals surface area contributed by atoms with E-state index in [0.717, 1.165) is 0 Å². The van der Waals surface area contributed by atoms with Crippen LogP contribution in [0.3, 0.4) is 0 Å². The standard InChI is InChI=1S/C11H17N3O4/c1-14-7-8(6-12-14)10(15)13-9(11(16)17)4-3-5-18-2/h6-7,9H,3-5H2,1-2H3,(H,13,15)(H,16,17). The molecule has 0 bridgehead atoms. The van der Waals surface area contributed by atoms with E-state index in [4.69, 9.17) is 9.84 Å². The number of methoxy groups -OCH3 is 1. The molecule has 18 heavy (non-hydrogen) atoms. The van der Waals surface area contributed by atoms with Crippen LogP contribution in [-0.4, -0.2) is 46.5 Å². The molecule has 0 fully saturated rings. The lowest BCUT2D eigenvalue weighted by Crippen LogP contribution is -2.40. The molecular weight excluding hydrogens is 238 g/mol. The molecule has 100 valence electrons. The number of aromatic nitrogens is 2. The minimum absolute atomic E-state index is 0.329. The van der Waals surface area contributed by atoms with Crippen LogP contribution in [0, 0.1) is 0 Å².